The molecule has 0 aliphatic heterocycles. The van der Waals surface area contributed by atoms with Crippen molar-refractivity contribution in [3.05, 3.63) is 29.6 Å². The molecule has 5 heteroatoms. The van der Waals surface area contributed by atoms with Crippen molar-refractivity contribution in [2.24, 2.45) is 0 Å². The van der Waals surface area contributed by atoms with Crippen LogP contribution < -0.4 is 5.32 Å². The van der Waals surface area contributed by atoms with Crippen molar-refractivity contribution in [1.29, 1.82) is 0 Å². The van der Waals surface area contributed by atoms with Crippen molar-refractivity contribution < 1.29 is 15.0 Å². The lowest BCUT2D eigenvalue weighted by Crippen LogP contribution is -2.46. The minimum Gasteiger partial charge on any atom is -0.396 e. The van der Waals surface area contributed by atoms with Gasteiger partial charge in [0.25, 0.3) is 0 Å². The van der Waals surface area contributed by atoms with E-state index in [0.717, 1.165) is 18.5 Å². The van der Waals surface area contributed by atoms with Gasteiger partial charge < -0.3 is 15.5 Å². The maximum Gasteiger partial charge on any atom is 0.219 e. The fraction of sp³-hybridized carbons (Fsp3) is 0.700. The lowest BCUT2D eigenvalue weighted by Gasteiger charge is -2.27. The number of aromatic nitrogens is 1. The molecule has 0 saturated carbocycles. The maximum atomic E-state index is 11.4. The number of aliphatic hydroxyl groups excluding tert-OH is 1. The minimum atomic E-state index is -1.62. The summed E-state index contributed by atoms with van der Waals surface area (Å²) in [6.07, 6.45) is 11.0. The van der Waals surface area contributed by atoms with Gasteiger partial charge >= 0.3 is 0 Å². The number of aryl methyl sites for hydroxylation is 1. The molecule has 5 nitrogen and oxygen atoms in total. The lowest BCUT2D eigenvalue weighted by atomic mass is 10.0. The van der Waals surface area contributed by atoms with Crippen LogP contribution in [0.25, 0.3) is 0 Å². The molecule has 1 aromatic rings. The Morgan fingerprint density at radius 1 is 1.12 bits per heavy atom. The van der Waals surface area contributed by atoms with Crippen LogP contribution in [-0.2, 0) is 16.9 Å². The van der Waals surface area contributed by atoms with Crippen LogP contribution in [0.4, 0.5) is 0 Å². The number of hydrogen-bond donors (Lipinski definition) is 3. The molecule has 0 aromatic carbocycles. The Labute approximate surface area is 151 Å². The zero-order valence-electron chi connectivity index (χ0n) is 15.8. The molecule has 142 valence electrons. The molecule has 1 unspecified atom stereocenters. The number of aliphatic hydroxyl groups is 2. The van der Waals surface area contributed by atoms with Gasteiger partial charge in [0.2, 0.25) is 5.91 Å². The average molecular weight is 351 g/mol. The van der Waals surface area contributed by atoms with E-state index in [9.17, 15) is 15.0 Å². The zero-order valence-corrected chi connectivity index (χ0v) is 15.8. The third-order valence-electron chi connectivity index (χ3n) is 4.37. The van der Waals surface area contributed by atoms with Crippen molar-refractivity contribution >= 4 is 5.91 Å². The van der Waals surface area contributed by atoms with Crippen LogP contribution in [0.3, 0.4) is 0 Å². The SMILES string of the molecule is CCCCCCCCCCc1cccc(C(O)(CCO)NC(C)=O)n1. The summed E-state index contributed by atoms with van der Waals surface area (Å²) in [7, 11) is 0. The summed E-state index contributed by atoms with van der Waals surface area (Å²) < 4.78 is 0. The highest BCUT2D eigenvalue weighted by Gasteiger charge is 2.31. The van der Waals surface area contributed by atoms with Gasteiger partial charge in [0, 0.05) is 25.6 Å². The first-order chi connectivity index (χ1) is 12.0. The van der Waals surface area contributed by atoms with Crippen LogP contribution >= 0.6 is 0 Å². The van der Waals surface area contributed by atoms with E-state index in [0.29, 0.717) is 5.69 Å². The fourth-order valence-corrected chi connectivity index (χ4v) is 3.00. The number of rotatable bonds is 13. The molecule has 0 bridgehead atoms. The maximum absolute atomic E-state index is 11.4. The summed E-state index contributed by atoms with van der Waals surface area (Å²) in [5.74, 6) is -0.355. The standard InChI is InChI=1S/C20H34N2O3/c1-3-4-5-6-7-8-9-10-12-18-13-11-14-19(21-18)20(25,15-16-23)22-17(2)24/h11,13-14,23,25H,3-10,12,15-16H2,1-2H3,(H,22,24). The Morgan fingerprint density at radius 3 is 2.36 bits per heavy atom. The van der Waals surface area contributed by atoms with Gasteiger partial charge in [0.15, 0.2) is 5.72 Å². The van der Waals surface area contributed by atoms with Crippen LogP contribution in [0.15, 0.2) is 18.2 Å². The molecule has 1 aromatic heterocycles. The van der Waals surface area contributed by atoms with Gasteiger partial charge in [-0.05, 0) is 25.0 Å². The smallest absolute Gasteiger partial charge is 0.219 e. The van der Waals surface area contributed by atoms with Crippen molar-refractivity contribution in [3.8, 4) is 0 Å². The highest BCUT2D eigenvalue weighted by molar-refractivity contribution is 5.73. The number of amides is 1. The average Bonchev–Trinajstić information content (AvgIpc) is 2.57. The first kappa shape index (κ1) is 21.6. The number of carbonyl (C=O) groups excluding carboxylic acids is 1. The van der Waals surface area contributed by atoms with Crippen LogP contribution in [0.5, 0.6) is 0 Å². The van der Waals surface area contributed by atoms with Gasteiger partial charge in [0.05, 0.1) is 5.69 Å². The lowest BCUT2D eigenvalue weighted by molar-refractivity contribution is -0.128. The minimum absolute atomic E-state index is 0.0147. The van der Waals surface area contributed by atoms with E-state index in [2.05, 4.69) is 17.2 Å². The summed E-state index contributed by atoms with van der Waals surface area (Å²) in [5.41, 5.74) is -0.324. The summed E-state index contributed by atoms with van der Waals surface area (Å²) in [6.45, 7) is 3.34. The van der Waals surface area contributed by atoms with Crippen LogP contribution in [-0.4, -0.2) is 27.7 Å². The van der Waals surface area contributed by atoms with Crippen molar-refractivity contribution in [2.45, 2.75) is 83.8 Å². The molecule has 0 radical (unpaired) electrons. The Balaban J connectivity index is 2.49. The molecule has 25 heavy (non-hydrogen) atoms. The zero-order chi connectivity index (χ0) is 18.5. The van der Waals surface area contributed by atoms with E-state index >= 15 is 0 Å². The van der Waals surface area contributed by atoms with E-state index in [1.807, 2.05) is 12.1 Å². The van der Waals surface area contributed by atoms with Gasteiger partial charge in [-0.2, -0.15) is 0 Å². The Hall–Kier alpha value is -1.46. The normalized spacial score (nSPS) is 13.4. The molecule has 0 aliphatic rings. The fourth-order valence-electron chi connectivity index (χ4n) is 3.00. The summed E-state index contributed by atoms with van der Waals surface area (Å²) in [4.78, 5) is 15.8. The van der Waals surface area contributed by atoms with Gasteiger partial charge in [-0.1, -0.05) is 57.9 Å². The van der Waals surface area contributed by atoms with Crippen LogP contribution in [0, 0.1) is 0 Å². The van der Waals surface area contributed by atoms with Crippen LogP contribution in [0.1, 0.15) is 83.0 Å². The molecule has 1 atom stereocenters. The molecule has 1 rings (SSSR count). The molecule has 1 amide bonds. The number of hydrogen-bond acceptors (Lipinski definition) is 4. The van der Waals surface area contributed by atoms with Gasteiger partial charge in [-0.25, -0.2) is 0 Å². The molecule has 3 N–H and O–H groups in total. The summed E-state index contributed by atoms with van der Waals surface area (Å²) in [5, 5.41) is 22.3. The third-order valence-corrected chi connectivity index (χ3v) is 4.37. The van der Waals surface area contributed by atoms with E-state index in [1.165, 1.54) is 51.9 Å². The summed E-state index contributed by atoms with van der Waals surface area (Å²) >= 11 is 0. The number of pyridine rings is 1. The van der Waals surface area contributed by atoms with Gasteiger partial charge in [0.1, 0.15) is 0 Å². The number of unbranched alkanes of at least 4 members (excludes halogenated alkanes) is 7. The number of nitrogens with one attached hydrogen (secondary N) is 1. The van der Waals surface area contributed by atoms with Crippen molar-refractivity contribution in [1.82, 2.24) is 10.3 Å². The molecule has 0 aliphatic carbocycles. The number of carbonyl (C=O) groups is 1. The highest BCUT2D eigenvalue weighted by atomic mass is 16.3. The van der Waals surface area contributed by atoms with E-state index in [4.69, 9.17) is 0 Å². The monoisotopic (exact) mass is 350 g/mol. The third kappa shape index (κ3) is 8.45. The van der Waals surface area contributed by atoms with E-state index in [1.54, 1.807) is 6.07 Å². The Kier molecular flexibility index (Phi) is 10.3. The first-order valence-electron chi connectivity index (χ1n) is 9.60. The molecule has 0 fully saturated rings. The van der Waals surface area contributed by atoms with Gasteiger partial charge in [-0.3, -0.25) is 9.78 Å². The second kappa shape index (κ2) is 12.0. The van der Waals surface area contributed by atoms with Crippen LogP contribution in [0.2, 0.25) is 0 Å². The second-order valence-corrected chi connectivity index (χ2v) is 6.75. The molecule has 0 spiro atoms. The van der Waals surface area contributed by atoms with Crippen molar-refractivity contribution in [3.63, 3.8) is 0 Å². The molecular weight excluding hydrogens is 316 g/mol. The Bertz CT molecular complexity index is 507. The topological polar surface area (TPSA) is 82.5 Å². The predicted molar refractivity (Wildman–Crippen MR) is 100.0 cm³/mol. The highest BCUT2D eigenvalue weighted by Crippen LogP contribution is 2.21. The largest absolute Gasteiger partial charge is 0.396 e. The second-order valence-electron chi connectivity index (χ2n) is 6.75. The molecule has 0 saturated heterocycles. The molecule has 1 heterocycles. The predicted octanol–water partition coefficient (Wildman–Crippen LogP) is 3.43. The Morgan fingerprint density at radius 2 is 1.76 bits per heavy atom. The van der Waals surface area contributed by atoms with E-state index in [-0.39, 0.29) is 18.9 Å². The van der Waals surface area contributed by atoms with Crippen molar-refractivity contribution in [2.75, 3.05) is 6.61 Å². The first-order valence-corrected chi connectivity index (χ1v) is 9.60. The summed E-state index contributed by atoms with van der Waals surface area (Å²) in [6, 6.07) is 5.47. The molecular formula is C20H34N2O3. The van der Waals surface area contributed by atoms with E-state index < -0.39 is 5.72 Å². The quantitative estimate of drug-likeness (QED) is 0.376. The van der Waals surface area contributed by atoms with Gasteiger partial charge in [-0.15, -0.1) is 0 Å². The number of nitrogens with zero attached hydrogens (tertiary/aromatic N) is 1.